The Morgan fingerprint density at radius 1 is 1.06 bits per heavy atom. The van der Waals surface area contributed by atoms with E-state index in [9.17, 15) is 14.4 Å². The zero-order valence-electron chi connectivity index (χ0n) is 8.58. The van der Waals surface area contributed by atoms with E-state index in [4.69, 9.17) is 10.2 Å². The van der Waals surface area contributed by atoms with Crippen molar-refractivity contribution in [2.75, 3.05) is 0 Å². The molecule has 0 bridgehead atoms. The van der Waals surface area contributed by atoms with Crippen molar-refractivity contribution in [3.63, 3.8) is 0 Å². The monoisotopic (exact) mass is 235 g/mol. The van der Waals surface area contributed by atoms with Crippen LogP contribution in [0.3, 0.4) is 0 Å². The van der Waals surface area contributed by atoms with E-state index in [-0.39, 0.29) is 5.57 Å². The Hall–Kier alpha value is -2.63. The lowest BCUT2D eigenvalue weighted by Gasteiger charge is -2.01. The average Bonchev–Trinajstić information content (AvgIpc) is 2.25. The fourth-order valence-electron chi connectivity index (χ4n) is 1.16. The van der Waals surface area contributed by atoms with Crippen molar-refractivity contribution in [2.45, 2.75) is 0 Å². The Morgan fingerprint density at radius 2 is 1.65 bits per heavy atom. The molecule has 0 saturated heterocycles. The van der Waals surface area contributed by atoms with Gasteiger partial charge in [0.25, 0.3) is 5.91 Å². The molecule has 0 aromatic heterocycles. The van der Waals surface area contributed by atoms with Crippen molar-refractivity contribution in [3.05, 3.63) is 42.0 Å². The molecule has 0 aliphatic carbocycles. The number of nitrogens with one attached hydrogen (secondary N) is 1. The van der Waals surface area contributed by atoms with E-state index in [0.29, 0.717) is 5.56 Å². The molecule has 2 amide bonds. The molecular weight excluding hydrogens is 226 g/mol. The van der Waals surface area contributed by atoms with Gasteiger partial charge in [0, 0.05) is 6.08 Å². The average molecular weight is 235 g/mol. The highest BCUT2D eigenvalue weighted by Gasteiger charge is 2.13. The van der Waals surface area contributed by atoms with E-state index < -0.39 is 18.0 Å². The summed E-state index contributed by atoms with van der Waals surface area (Å²) in [6.45, 7) is 0. The number of benzene rings is 1. The summed E-state index contributed by atoms with van der Waals surface area (Å²) in [5.74, 6) is -2.31. The summed E-state index contributed by atoms with van der Waals surface area (Å²) < 4.78 is 0. The third kappa shape index (κ3) is 3.78. The molecule has 0 saturated carbocycles. The molecule has 0 heterocycles. The van der Waals surface area contributed by atoms with Gasteiger partial charge in [-0.15, -0.1) is 0 Å². The molecule has 1 aromatic carbocycles. The Morgan fingerprint density at radius 3 is 2.12 bits per heavy atom. The summed E-state index contributed by atoms with van der Waals surface area (Å²) in [6.07, 6.45) is -0.810. The van der Waals surface area contributed by atoms with Crippen LogP contribution < -0.4 is 5.32 Å². The molecule has 17 heavy (non-hydrogen) atoms. The van der Waals surface area contributed by atoms with Crippen molar-refractivity contribution in [3.8, 4) is 0 Å². The van der Waals surface area contributed by atoms with Crippen LogP contribution in [0.5, 0.6) is 0 Å². The molecule has 0 atom stereocenters. The Balaban J connectivity index is 3.03. The number of rotatable bonds is 3. The standard InChI is InChI=1S/C11H9NO5/c13-9(12-11(16)17)6-8(10(14)15)7-4-2-1-3-5-7/h1-6H,(H,12,13)(H,14,15)(H,16,17)/b8-6-. The molecule has 0 fully saturated rings. The third-order valence-electron chi connectivity index (χ3n) is 1.82. The Bertz CT molecular complexity index is 478. The van der Waals surface area contributed by atoms with Gasteiger partial charge in [0.1, 0.15) is 0 Å². The van der Waals surface area contributed by atoms with Gasteiger partial charge in [-0.25, -0.2) is 9.59 Å². The van der Waals surface area contributed by atoms with Crippen LogP contribution in [0.25, 0.3) is 5.57 Å². The number of amides is 2. The predicted octanol–water partition coefficient (Wildman–Crippen LogP) is 0.949. The molecule has 0 spiro atoms. The lowest BCUT2D eigenvalue weighted by Crippen LogP contribution is -2.27. The summed E-state index contributed by atoms with van der Waals surface area (Å²) in [4.78, 5) is 32.2. The van der Waals surface area contributed by atoms with E-state index in [1.165, 1.54) is 17.4 Å². The van der Waals surface area contributed by atoms with Gasteiger partial charge in [-0.05, 0) is 5.56 Å². The summed E-state index contributed by atoms with van der Waals surface area (Å²) in [6, 6.07) is 7.94. The molecule has 1 rings (SSSR count). The molecule has 3 N–H and O–H groups in total. The van der Waals surface area contributed by atoms with E-state index in [1.54, 1.807) is 18.2 Å². The fourth-order valence-corrected chi connectivity index (χ4v) is 1.16. The van der Waals surface area contributed by atoms with E-state index in [1.807, 2.05) is 0 Å². The first-order valence-electron chi connectivity index (χ1n) is 4.55. The van der Waals surface area contributed by atoms with Gasteiger partial charge in [0.05, 0.1) is 5.57 Å². The summed E-state index contributed by atoms with van der Waals surface area (Å²) in [5.41, 5.74) is 0.0462. The minimum Gasteiger partial charge on any atom is -0.478 e. The van der Waals surface area contributed by atoms with Crippen LogP contribution in [-0.4, -0.2) is 28.2 Å². The first-order valence-corrected chi connectivity index (χ1v) is 4.55. The molecule has 0 unspecified atom stereocenters. The van der Waals surface area contributed by atoms with Crippen molar-refractivity contribution < 1.29 is 24.6 Å². The van der Waals surface area contributed by atoms with Crippen molar-refractivity contribution in [1.82, 2.24) is 5.32 Å². The quantitative estimate of drug-likeness (QED) is 0.676. The smallest absolute Gasteiger partial charge is 0.411 e. The van der Waals surface area contributed by atoms with Crippen LogP contribution in [0.15, 0.2) is 36.4 Å². The molecule has 6 nitrogen and oxygen atoms in total. The topological polar surface area (TPSA) is 104 Å². The number of aliphatic carboxylic acids is 1. The highest BCUT2D eigenvalue weighted by atomic mass is 16.4. The highest BCUT2D eigenvalue weighted by Crippen LogP contribution is 2.13. The molecule has 88 valence electrons. The maximum Gasteiger partial charge on any atom is 0.411 e. The second-order valence-corrected chi connectivity index (χ2v) is 3.02. The highest BCUT2D eigenvalue weighted by molar-refractivity contribution is 6.21. The zero-order valence-corrected chi connectivity index (χ0v) is 8.58. The molecular formula is C11H9NO5. The largest absolute Gasteiger partial charge is 0.478 e. The molecule has 0 aliphatic rings. The fraction of sp³-hybridized carbons (Fsp3) is 0. The van der Waals surface area contributed by atoms with E-state index >= 15 is 0 Å². The second-order valence-electron chi connectivity index (χ2n) is 3.02. The number of hydrogen-bond acceptors (Lipinski definition) is 3. The van der Waals surface area contributed by atoms with Crippen LogP contribution in [0, 0.1) is 0 Å². The number of carboxylic acids is 1. The van der Waals surface area contributed by atoms with Gasteiger partial charge >= 0.3 is 12.1 Å². The van der Waals surface area contributed by atoms with Crippen LogP contribution in [0.1, 0.15) is 5.56 Å². The van der Waals surface area contributed by atoms with E-state index in [0.717, 1.165) is 6.08 Å². The zero-order chi connectivity index (χ0) is 12.8. The number of carboxylic acid groups (broad SMARTS) is 2. The predicted molar refractivity (Wildman–Crippen MR) is 58.2 cm³/mol. The van der Waals surface area contributed by atoms with Crippen LogP contribution >= 0.6 is 0 Å². The van der Waals surface area contributed by atoms with Crippen LogP contribution in [0.2, 0.25) is 0 Å². The number of carbonyl (C=O) groups is 3. The summed E-state index contributed by atoms with van der Waals surface area (Å²) in [7, 11) is 0. The first kappa shape index (κ1) is 12.4. The maximum atomic E-state index is 11.1. The molecule has 1 aromatic rings. The Labute approximate surface area is 96.2 Å². The normalized spacial score (nSPS) is 10.7. The maximum absolute atomic E-state index is 11.1. The molecule has 0 radical (unpaired) electrons. The number of hydrogen-bond donors (Lipinski definition) is 3. The summed E-state index contributed by atoms with van der Waals surface area (Å²) >= 11 is 0. The van der Waals surface area contributed by atoms with Crippen molar-refractivity contribution in [1.29, 1.82) is 0 Å². The number of imide groups is 1. The van der Waals surface area contributed by atoms with Gasteiger partial charge < -0.3 is 10.2 Å². The molecule has 6 heteroatoms. The van der Waals surface area contributed by atoms with Gasteiger partial charge in [-0.1, -0.05) is 30.3 Å². The van der Waals surface area contributed by atoms with E-state index in [2.05, 4.69) is 0 Å². The van der Waals surface area contributed by atoms with Gasteiger partial charge in [0.2, 0.25) is 0 Å². The SMILES string of the molecule is O=C(O)NC(=O)/C=C(\C(=O)O)c1ccccc1. The van der Waals surface area contributed by atoms with Crippen LogP contribution in [-0.2, 0) is 9.59 Å². The van der Waals surface area contributed by atoms with Gasteiger partial charge in [0.15, 0.2) is 0 Å². The Kier molecular flexibility index (Phi) is 3.99. The molecule has 0 aliphatic heterocycles. The van der Waals surface area contributed by atoms with Crippen molar-refractivity contribution >= 4 is 23.5 Å². The minimum atomic E-state index is -1.54. The lowest BCUT2D eigenvalue weighted by atomic mass is 10.1. The summed E-state index contributed by atoms with van der Waals surface area (Å²) in [5, 5.41) is 18.7. The van der Waals surface area contributed by atoms with Gasteiger partial charge in [-0.2, -0.15) is 0 Å². The first-order chi connectivity index (χ1) is 8.00. The second kappa shape index (κ2) is 5.45. The van der Waals surface area contributed by atoms with Crippen LogP contribution in [0.4, 0.5) is 4.79 Å². The van der Waals surface area contributed by atoms with Crippen molar-refractivity contribution in [2.24, 2.45) is 0 Å². The lowest BCUT2D eigenvalue weighted by molar-refractivity contribution is -0.130. The minimum absolute atomic E-state index is 0.274. The third-order valence-corrected chi connectivity index (χ3v) is 1.82. The van der Waals surface area contributed by atoms with Gasteiger partial charge in [-0.3, -0.25) is 10.1 Å². The number of carbonyl (C=O) groups excluding carboxylic acids is 1.